The van der Waals surface area contributed by atoms with Crippen molar-refractivity contribution in [1.29, 1.82) is 0 Å². The third-order valence-electron chi connectivity index (χ3n) is 2.42. The van der Waals surface area contributed by atoms with Crippen molar-refractivity contribution in [2.75, 3.05) is 11.1 Å². The maximum Gasteiger partial charge on any atom is 0.255 e. The monoisotopic (exact) mass is 342 g/mol. The number of nitrogen functional groups attached to an aromatic ring is 1. The van der Waals surface area contributed by atoms with E-state index in [4.69, 9.17) is 17.3 Å². The Morgan fingerprint density at radius 3 is 2.68 bits per heavy atom. The molecule has 19 heavy (non-hydrogen) atoms. The van der Waals surface area contributed by atoms with Gasteiger partial charge in [0.2, 0.25) is 0 Å². The van der Waals surface area contributed by atoms with Crippen LogP contribution in [0.2, 0.25) is 5.02 Å². The Kier molecular flexibility index (Phi) is 4.07. The van der Waals surface area contributed by atoms with Crippen molar-refractivity contribution in [3.8, 4) is 0 Å². The molecule has 2 aromatic rings. The number of nitrogens with one attached hydrogen (secondary N) is 1. The number of carbonyl (C=O) groups is 1. The van der Waals surface area contributed by atoms with Gasteiger partial charge < -0.3 is 11.1 Å². The van der Waals surface area contributed by atoms with E-state index in [1.54, 1.807) is 18.2 Å². The van der Waals surface area contributed by atoms with Gasteiger partial charge in [-0.05, 0) is 52.3 Å². The second kappa shape index (κ2) is 5.59. The van der Waals surface area contributed by atoms with Crippen molar-refractivity contribution >= 4 is 44.8 Å². The summed E-state index contributed by atoms with van der Waals surface area (Å²) in [4.78, 5) is 12.0. The first-order valence-corrected chi connectivity index (χ1v) is 6.46. The van der Waals surface area contributed by atoms with Crippen LogP contribution in [0.15, 0.2) is 40.9 Å². The van der Waals surface area contributed by atoms with Gasteiger partial charge in [-0.15, -0.1) is 0 Å². The Labute approximate surface area is 122 Å². The molecule has 98 valence electrons. The Hall–Kier alpha value is -1.59. The van der Waals surface area contributed by atoms with E-state index in [-0.39, 0.29) is 4.47 Å². The molecule has 0 saturated carbocycles. The van der Waals surface area contributed by atoms with Gasteiger partial charge in [-0.2, -0.15) is 0 Å². The predicted octanol–water partition coefficient (Wildman–Crippen LogP) is 4.08. The fraction of sp³-hybridized carbons (Fsp3) is 0. The quantitative estimate of drug-likeness (QED) is 0.807. The Balaban J connectivity index is 2.25. The Bertz CT molecular complexity index is 649. The number of halogens is 3. The van der Waals surface area contributed by atoms with E-state index in [1.165, 1.54) is 18.2 Å². The van der Waals surface area contributed by atoms with E-state index in [0.29, 0.717) is 22.0 Å². The normalized spacial score (nSPS) is 10.3. The first kappa shape index (κ1) is 13.8. The lowest BCUT2D eigenvalue weighted by Crippen LogP contribution is -2.12. The smallest absolute Gasteiger partial charge is 0.255 e. The van der Waals surface area contributed by atoms with E-state index in [9.17, 15) is 9.18 Å². The molecule has 3 nitrogen and oxygen atoms in total. The molecule has 0 aromatic heterocycles. The van der Waals surface area contributed by atoms with Crippen molar-refractivity contribution in [3.05, 3.63) is 57.3 Å². The predicted molar refractivity (Wildman–Crippen MR) is 77.9 cm³/mol. The van der Waals surface area contributed by atoms with Crippen molar-refractivity contribution in [3.63, 3.8) is 0 Å². The van der Waals surface area contributed by atoms with Crippen LogP contribution in [0.1, 0.15) is 10.4 Å². The number of rotatable bonds is 2. The first-order chi connectivity index (χ1) is 8.97. The zero-order valence-corrected chi connectivity index (χ0v) is 11.9. The van der Waals surface area contributed by atoms with Gasteiger partial charge in [0, 0.05) is 11.3 Å². The molecule has 0 unspecified atom stereocenters. The summed E-state index contributed by atoms with van der Waals surface area (Å²) in [5, 5.41) is 3.00. The number of nitrogens with two attached hydrogens (primary N) is 1. The van der Waals surface area contributed by atoms with Crippen LogP contribution in [0.25, 0.3) is 0 Å². The lowest BCUT2D eigenvalue weighted by atomic mass is 10.2. The van der Waals surface area contributed by atoms with Gasteiger partial charge in [-0.3, -0.25) is 4.79 Å². The van der Waals surface area contributed by atoms with Gasteiger partial charge in [0.05, 0.1) is 15.2 Å². The van der Waals surface area contributed by atoms with Crippen molar-refractivity contribution in [2.24, 2.45) is 0 Å². The van der Waals surface area contributed by atoms with Gasteiger partial charge in [-0.1, -0.05) is 11.6 Å². The number of amides is 1. The molecule has 3 N–H and O–H groups in total. The van der Waals surface area contributed by atoms with Gasteiger partial charge in [0.15, 0.2) is 0 Å². The molecule has 1 amide bonds. The number of anilines is 2. The molecular formula is C13H9BrClFN2O. The van der Waals surface area contributed by atoms with Crippen LogP contribution in [0.5, 0.6) is 0 Å². The molecular weight excluding hydrogens is 335 g/mol. The summed E-state index contributed by atoms with van der Waals surface area (Å²) >= 11 is 8.97. The molecule has 2 rings (SSSR count). The number of hydrogen-bond acceptors (Lipinski definition) is 2. The van der Waals surface area contributed by atoms with Crippen LogP contribution >= 0.6 is 27.5 Å². The van der Waals surface area contributed by atoms with Crippen molar-refractivity contribution < 1.29 is 9.18 Å². The molecule has 0 aliphatic rings. The van der Waals surface area contributed by atoms with Crippen molar-refractivity contribution in [1.82, 2.24) is 0 Å². The minimum Gasteiger partial charge on any atom is -0.399 e. The summed E-state index contributed by atoms with van der Waals surface area (Å²) < 4.78 is 13.3. The third-order valence-corrected chi connectivity index (χ3v) is 3.36. The Morgan fingerprint density at radius 2 is 2.00 bits per heavy atom. The zero-order valence-electron chi connectivity index (χ0n) is 9.58. The van der Waals surface area contributed by atoms with E-state index in [0.717, 1.165) is 0 Å². The van der Waals surface area contributed by atoms with Crippen LogP contribution < -0.4 is 11.1 Å². The summed E-state index contributed by atoms with van der Waals surface area (Å²) in [5.41, 5.74) is 6.83. The largest absolute Gasteiger partial charge is 0.399 e. The fourth-order valence-electron chi connectivity index (χ4n) is 1.47. The average molecular weight is 344 g/mol. The molecule has 0 radical (unpaired) electrons. The molecule has 0 aliphatic heterocycles. The van der Waals surface area contributed by atoms with Crippen LogP contribution in [-0.4, -0.2) is 5.91 Å². The summed E-state index contributed by atoms with van der Waals surface area (Å²) in [6.07, 6.45) is 0. The first-order valence-electron chi connectivity index (χ1n) is 5.29. The summed E-state index contributed by atoms with van der Waals surface area (Å²) in [6, 6.07) is 8.76. The molecule has 0 heterocycles. The lowest BCUT2D eigenvalue weighted by molar-refractivity contribution is 0.102. The van der Waals surface area contributed by atoms with Crippen LogP contribution in [0, 0.1) is 5.82 Å². The van der Waals surface area contributed by atoms with Gasteiger partial charge in [0.1, 0.15) is 5.82 Å². The highest BCUT2D eigenvalue weighted by Gasteiger charge is 2.10. The van der Waals surface area contributed by atoms with Crippen LogP contribution in [-0.2, 0) is 0 Å². The molecule has 0 saturated heterocycles. The highest BCUT2D eigenvalue weighted by molar-refractivity contribution is 9.10. The molecule has 0 aliphatic carbocycles. The maximum atomic E-state index is 13.1. The fourth-order valence-corrected chi connectivity index (χ4v) is 2.01. The lowest BCUT2D eigenvalue weighted by Gasteiger charge is -2.08. The number of carbonyl (C=O) groups excluding carboxylic acids is 1. The summed E-state index contributed by atoms with van der Waals surface area (Å²) in [7, 11) is 0. The molecule has 0 fully saturated rings. The number of benzene rings is 2. The summed E-state index contributed by atoms with van der Waals surface area (Å²) in [5.74, 6) is -0.827. The average Bonchev–Trinajstić information content (AvgIpc) is 2.37. The minimum atomic E-state index is -0.432. The van der Waals surface area contributed by atoms with Crippen LogP contribution in [0.3, 0.4) is 0 Å². The van der Waals surface area contributed by atoms with Gasteiger partial charge >= 0.3 is 0 Å². The standard InChI is InChI=1S/C13H9BrClFN2O/c14-9-5-7(1-4-11(9)16)13(19)18-12-6-8(17)2-3-10(12)15/h1-6H,17H2,(H,18,19). The molecule has 6 heteroatoms. The highest BCUT2D eigenvalue weighted by atomic mass is 79.9. The molecule has 2 aromatic carbocycles. The minimum absolute atomic E-state index is 0.221. The van der Waals surface area contributed by atoms with E-state index >= 15 is 0 Å². The molecule has 0 spiro atoms. The molecule has 0 atom stereocenters. The maximum absolute atomic E-state index is 13.1. The topological polar surface area (TPSA) is 55.1 Å². The summed E-state index contributed by atoms with van der Waals surface area (Å²) in [6.45, 7) is 0. The van der Waals surface area contributed by atoms with E-state index in [2.05, 4.69) is 21.2 Å². The van der Waals surface area contributed by atoms with Gasteiger partial charge in [-0.25, -0.2) is 4.39 Å². The van der Waals surface area contributed by atoms with E-state index < -0.39 is 11.7 Å². The zero-order chi connectivity index (χ0) is 14.0. The number of hydrogen-bond donors (Lipinski definition) is 2. The third kappa shape index (κ3) is 3.24. The second-order valence-electron chi connectivity index (χ2n) is 3.82. The highest BCUT2D eigenvalue weighted by Crippen LogP contribution is 2.25. The second-order valence-corrected chi connectivity index (χ2v) is 5.08. The van der Waals surface area contributed by atoms with Crippen LogP contribution in [0.4, 0.5) is 15.8 Å². The molecule has 0 bridgehead atoms. The van der Waals surface area contributed by atoms with E-state index in [1.807, 2.05) is 0 Å². The Morgan fingerprint density at radius 1 is 1.26 bits per heavy atom. The van der Waals surface area contributed by atoms with Crippen molar-refractivity contribution in [2.45, 2.75) is 0 Å². The van der Waals surface area contributed by atoms with Gasteiger partial charge in [0.25, 0.3) is 5.91 Å². The SMILES string of the molecule is Nc1ccc(Cl)c(NC(=O)c2ccc(F)c(Br)c2)c1.